The van der Waals surface area contributed by atoms with E-state index in [0.717, 1.165) is 19.3 Å². The molecule has 0 radical (unpaired) electrons. The van der Waals surface area contributed by atoms with E-state index in [1.54, 1.807) is 18.5 Å². The summed E-state index contributed by atoms with van der Waals surface area (Å²) in [6.45, 7) is 8.74. The SMILES string of the molecule is CCCCCNS(=O)(=O)c1c(C)nn(CC)c1C. The van der Waals surface area contributed by atoms with Crippen molar-refractivity contribution in [3.05, 3.63) is 11.4 Å². The van der Waals surface area contributed by atoms with E-state index in [2.05, 4.69) is 16.7 Å². The second-order valence-corrected chi connectivity index (χ2v) is 6.12. The second kappa shape index (κ2) is 6.33. The molecule has 18 heavy (non-hydrogen) atoms. The third kappa shape index (κ3) is 3.32. The summed E-state index contributed by atoms with van der Waals surface area (Å²) >= 11 is 0. The van der Waals surface area contributed by atoms with Crippen molar-refractivity contribution < 1.29 is 8.42 Å². The highest BCUT2D eigenvalue weighted by Gasteiger charge is 2.23. The predicted octanol–water partition coefficient (Wildman–Crippen LogP) is 1.99. The molecule has 0 unspecified atom stereocenters. The van der Waals surface area contributed by atoms with Gasteiger partial charge in [-0.25, -0.2) is 13.1 Å². The topological polar surface area (TPSA) is 64.0 Å². The molecule has 0 spiro atoms. The van der Waals surface area contributed by atoms with Gasteiger partial charge in [-0.05, 0) is 27.2 Å². The van der Waals surface area contributed by atoms with E-state index < -0.39 is 10.0 Å². The molecular formula is C12H23N3O2S. The van der Waals surface area contributed by atoms with E-state index in [1.807, 2.05) is 6.92 Å². The monoisotopic (exact) mass is 273 g/mol. The zero-order chi connectivity index (χ0) is 13.8. The third-order valence-corrected chi connectivity index (χ3v) is 4.67. The van der Waals surface area contributed by atoms with Crippen LogP contribution in [0.5, 0.6) is 0 Å². The molecule has 1 aromatic rings. The smallest absolute Gasteiger partial charge is 0.244 e. The molecular weight excluding hydrogens is 250 g/mol. The summed E-state index contributed by atoms with van der Waals surface area (Å²) in [6, 6.07) is 0. The van der Waals surface area contributed by atoms with Gasteiger partial charge in [0.25, 0.3) is 0 Å². The highest BCUT2D eigenvalue weighted by molar-refractivity contribution is 7.89. The van der Waals surface area contributed by atoms with Gasteiger partial charge in [0.1, 0.15) is 4.90 Å². The van der Waals surface area contributed by atoms with Gasteiger partial charge in [-0.1, -0.05) is 19.8 Å². The Hall–Kier alpha value is -0.880. The zero-order valence-electron chi connectivity index (χ0n) is 11.7. The summed E-state index contributed by atoms with van der Waals surface area (Å²) in [7, 11) is -3.42. The predicted molar refractivity (Wildman–Crippen MR) is 72.1 cm³/mol. The largest absolute Gasteiger partial charge is 0.268 e. The van der Waals surface area contributed by atoms with Crippen LogP contribution in [0.2, 0.25) is 0 Å². The van der Waals surface area contributed by atoms with Crippen LogP contribution in [-0.4, -0.2) is 24.7 Å². The molecule has 0 bridgehead atoms. The molecule has 0 aliphatic rings. The van der Waals surface area contributed by atoms with Gasteiger partial charge in [0.15, 0.2) is 0 Å². The number of hydrogen-bond donors (Lipinski definition) is 1. The molecule has 0 fully saturated rings. The number of rotatable bonds is 7. The van der Waals surface area contributed by atoms with Crippen molar-refractivity contribution >= 4 is 10.0 Å². The molecule has 0 aliphatic carbocycles. The van der Waals surface area contributed by atoms with Gasteiger partial charge >= 0.3 is 0 Å². The lowest BCUT2D eigenvalue weighted by atomic mass is 10.3. The van der Waals surface area contributed by atoms with E-state index in [0.29, 0.717) is 29.4 Å². The Labute approximate surface area is 110 Å². The fourth-order valence-corrected chi connectivity index (χ4v) is 3.51. The van der Waals surface area contributed by atoms with Gasteiger partial charge in [0.2, 0.25) is 10.0 Å². The van der Waals surface area contributed by atoms with Crippen LogP contribution in [0.25, 0.3) is 0 Å². The van der Waals surface area contributed by atoms with Crippen LogP contribution in [0.1, 0.15) is 44.5 Å². The van der Waals surface area contributed by atoms with Crippen molar-refractivity contribution in [1.82, 2.24) is 14.5 Å². The number of nitrogens with one attached hydrogen (secondary N) is 1. The minimum Gasteiger partial charge on any atom is -0.268 e. The van der Waals surface area contributed by atoms with Crippen molar-refractivity contribution in [2.75, 3.05) is 6.54 Å². The number of sulfonamides is 1. The number of nitrogens with zero attached hydrogens (tertiary/aromatic N) is 2. The molecule has 0 aromatic carbocycles. The van der Waals surface area contributed by atoms with E-state index in [4.69, 9.17) is 0 Å². The Bertz CT molecular complexity index is 492. The van der Waals surface area contributed by atoms with Gasteiger partial charge in [-0.15, -0.1) is 0 Å². The van der Waals surface area contributed by atoms with Crippen molar-refractivity contribution in [2.24, 2.45) is 0 Å². The Morgan fingerprint density at radius 2 is 1.89 bits per heavy atom. The first-order chi connectivity index (χ1) is 8.44. The Morgan fingerprint density at radius 3 is 2.39 bits per heavy atom. The molecule has 6 heteroatoms. The maximum atomic E-state index is 12.2. The molecule has 0 aliphatic heterocycles. The van der Waals surface area contributed by atoms with Crippen LogP contribution in [0.3, 0.4) is 0 Å². The van der Waals surface area contributed by atoms with Crippen LogP contribution in [0, 0.1) is 13.8 Å². The van der Waals surface area contributed by atoms with E-state index in [1.165, 1.54) is 0 Å². The summed E-state index contributed by atoms with van der Waals surface area (Å²) in [5.74, 6) is 0. The summed E-state index contributed by atoms with van der Waals surface area (Å²) in [6.07, 6.45) is 2.98. The molecule has 1 heterocycles. The van der Waals surface area contributed by atoms with Gasteiger partial charge < -0.3 is 0 Å². The second-order valence-electron chi connectivity index (χ2n) is 4.42. The molecule has 5 nitrogen and oxygen atoms in total. The zero-order valence-corrected chi connectivity index (χ0v) is 12.5. The maximum absolute atomic E-state index is 12.2. The molecule has 0 saturated carbocycles. The number of aryl methyl sites for hydroxylation is 2. The summed E-state index contributed by atoms with van der Waals surface area (Å²) in [4.78, 5) is 0.334. The fraction of sp³-hybridized carbons (Fsp3) is 0.750. The lowest BCUT2D eigenvalue weighted by Gasteiger charge is -2.07. The highest BCUT2D eigenvalue weighted by Crippen LogP contribution is 2.19. The summed E-state index contributed by atoms with van der Waals surface area (Å²) < 4.78 is 28.8. The first-order valence-electron chi connectivity index (χ1n) is 6.47. The van der Waals surface area contributed by atoms with Crippen LogP contribution in [-0.2, 0) is 16.6 Å². The summed E-state index contributed by atoms with van der Waals surface area (Å²) in [5, 5.41) is 4.24. The van der Waals surface area contributed by atoms with Gasteiger partial charge in [-0.3, -0.25) is 4.68 Å². The van der Waals surface area contributed by atoms with E-state index >= 15 is 0 Å². The number of hydrogen-bond acceptors (Lipinski definition) is 3. The molecule has 1 N–H and O–H groups in total. The summed E-state index contributed by atoms with van der Waals surface area (Å²) in [5.41, 5.74) is 1.27. The normalized spacial score (nSPS) is 12.0. The maximum Gasteiger partial charge on any atom is 0.244 e. The van der Waals surface area contributed by atoms with Crippen LogP contribution in [0.4, 0.5) is 0 Å². The van der Waals surface area contributed by atoms with Crippen LogP contribution < -0.4 is 4.72 Å². The molecule has 0 atom stereocenters. The molecule has 1 aromatic heterocycles. The van der Waals surface area contributed by atoms with Gasteiger partial charge in [-0.2, -0.15) is 5.10 Å². The average molecular weight is 273 g/mol. The van der Waals surface area contributed by atoms with E-state index in [9.17, 15) is 8.42 Å². The Morgan fingerprint density at radius 1 is 1.22 bits per heavy atom. The van der Waals surface area contributed by atoms with Gasteiger partial charge in [0, 0.05) is 13.1 Å². The minimum absolute atomic E-state index is 0.334. The number of aromatic nitrogens is 2. The quantitative estimate of drug-likeness (QED) is 0.773. The Kier molecular flexibility index (Phi) is 5.34. The number of unbranched alkanes of at least 4 members (excludes halogenated alkanes) is 2. The highest BCUT2D eigenvalue weighted by atomic mass is 32.2. The van der Waals surface area contributed by atoms with Gasteiger partial charge in [0.05, 0.1) is 11.4 Å². The standard InChI is InChI=1S/C12H23N3O2S/c1-5-7-8-9-13-18(16,17)12-10(3)14-15(6-2)11(12)4/h13H,5-9H2,1-4H3. The lowest BCUT2D eigenvalue weighted by Crippen LogP contribution is -2.25. The minimum atomic E-state index is -3.42. The third-order valence-electron chi connectivity index (χ3n) is 2.96. The molecule has 1 rings (SSSR count). The molecule has 104 valence electrons. The van der Waals surface area contributed by atoms with Crippen molar-refractivity contribution in [1.29, 1.82) is 0 Å². The molecule has 0 saturated heterocycles. The Balaban J connectivity index is 2.88. The average Bonchev–Trinajstić information content (AvgIpc) is 2.60. The van der Waals surface area contributed by atoms with Crippen molar-refractivity contribution in [2.45, 2.75) is 58.4 Å². The van der Waals surface area contributed by atoms with Crippen molar-refractivity contribution in [3.63, 3.8) is 0 Å². The first-order valence-corrected chi connectivity index (χ1v) is 7.96. The fourth-order valence-electron chi connectivity index (χ4n) is 2.03. The van der Waals surface area contributed by atoms with Crippen LogP contribution in [0.15, 0.2) is 4.90 Å². The van der Waals surface area contributed by atoms with E-state index in [-0.39, 0.29) is 0 Å². The molecule has 0 amide bonds. The van der Waals surface area contributed by atoms with Crippen molar-refractivity contribution in [3.8, 4) is 0 Å². The first kappa shape index (κ1) is 15.2. The van der Waals surface area contributed by atoms with Crippen LogP contribution >= 0.6 is 0 Å². The lowest BCUT2D eigenvalue weighted by molar-refractivity contribution is 0.573.